The van der Waals surface area contributed by atoms with Crippen LogP contribution in [0.5, 0.6) is 0 Å². The zero-order valence-electron chi connectivity index (χ0n) is 6.10. The molecule has 0 atom stereocenters. The fourth-order valence-corrected chi connectivity index (χ4v) is 0.0577. The van der Waals surface area contributed by atoms with E-state index >= 15 is 0 Å². The van der Waals surface area contributed by atoms with Crippen LogP contribution >= 0.6 is 0 Å². The van der Waals surface area contributed by atoms with Crippen molar-refractivity contribution in [3.63, 3.8) is 0 Å². The number of hydrogen-bond donors (Lipinski definition) is 5. The molecule has 0 radical (unpaired) electrons. The van der Waals surface area contributed by atoms with Crippen LogP contribution in [-0.4, -0.2) is 47.1 Å². The fourth-order valence-electron chi connectivity index (χ4n) is 0.0577. The standard InChI is InChI=1S/C3H9NO2.C2H5NO2/c4-3(1-5)2-6;3-2(5)1-4/h3,5-6H,1-2,4H2;4H,1H2,(H2,3,5). The summed E-state index contributed by atoms with van der Waals surface area (Å²) in [6, 6.07) is -0.454. The molecule has 0 aliphatic carbocycles. The molecule has 0 aliphatic rings. The van der Waals surface area contributed by atoms with Crippen LogP contribution < -0.4 is 11.5 Å². The van der Waals surface area contributed by atoms with Crippen LogP contribution in [0.1, 0.15) is 0 Å². The van der Waals surface area contributed by atoms with Gasteiger partial charge in [-0.2, -0.15) is 0 Å². The summed E-state index contributed by atoms with van der Waals surface area (Å²) in [4.78, 5) is 9.34. The Morgan fingerprint density at radius 2 is 1.55 bits per heavy atom. The van der Waals surface area contributed by atoms with Crippen molar-refractivity contribution in [2.75, 3.05) is 19.8 Å². The lowest BCUT2D eigenvalue weighted by molar-refractivity contribution is -0.120. The maximum absolute atomic E-state index is 9.34. The van der Waals surface area contributed by atoms with Gasteiger partial charge in [-0.05, 0) is 0 Å². The SMILES string of the molecule is NC(=O)CO.NC(CO)CO. The van der Waals surface area contributed by atoms with E-state index in [1.165, 1.54) is 0 Å². The van der Waals surface area contributed by atoms with Gasteiger partial charge in [0.05, 0.1) is 19.3 Å². The predicted molar refractivity (Wildman–Crippen MR) is 38.4 cm³/mol. The molecule has 0 heterocycles. The second-order valence-electron chi connectivity index (χ2n) is 1.75. The Balaban J connectivity index is 0. The van der Waals surface area contributed by atoms with Gasteiger partial charge in [-0.3, -0.25) is 4.79 Å². The number of carbonyl (C=O) groups excluding carboxylic acids is 1. The summed E-state index contributed by atoms with van der Waals surface area (Å²) in [6.07, 6.45) is 0. The van der Waals surface area contributed by atoms with E-state index in [1.54, 1.807) is 0 Å². The summed E-state index contributed by atoms with van der Waals surface area (Å²) in [6.45, 7) is -0.840. The summed E-state index contributed by atoms with van der Waals surface area (Å²) in [7, 11) is 0. The molecule has 0 aromatic heterocycles. The molecule has 0 spiro atoms. The molecule has 6 nitrogen and oxygen atoms in total. The first-order valence-electron chi connectivity index (χ1n) is 2.94. The number of nitrogens with two attached hydrogens (primary N) is 2. The lowest BCUT2D eigenvalue weighted by atomic mass is 10.4. The Morgan fingerprint density at radius 3 is 1.55 bits per heavy atom. The zero-order chi connectivity index (χ0) is 9.28. The van der Waals surface area contributed by atoms with Gasteiger partial charge in [-0.1, -0.05) is 0 Å². The van der Waals surface area contributed by atoms with E-state index in [1.807, 2.05) is 0 Å². The van der Waals surface area contributed by atoms with Crippen LogP contribution in [0.3, 0.4) is 0 Å². The monoisotopic (exact) mass is 166 g/mol. The van der Waals surface area contributed by atoms with Crippen molar-refractivity contribution >= 4 is 5.91 Å². The number of primary amides is 1. The summed E-state index contributed by atoms with van der Waals surface area (Å²) in [5, 5.41) is 23.8. The van der Waals surface area contributed by atoms with Gasteiger partial charge >= 0.3 is 0 Å². The molecule has 0 unspecified atom stereocenters. The van der Waals surface area contributed by atoms with Gasteiger partial charge < -0.3 is 26.8 Å². The highest BCUT2D eigenvalue weighted by Crippen LogP contribution is 1.66. The summed E-state index contributed by atoms with van der Waals surface area (Å²) in [5.41, 5.74) is 9.38. The van der Waals surface area contributed by atoms with E-state index in [0.29, 0.717) is 0 Å². The largest absolute Gasteiger partial charge is 0.395 e. The Labute approximate surface area is 64.4 Å². The predicted octanol–water partition coefficient (Wildman–Crippen LogP) is -3.24. The van der Waals surface area contributed by atoms with Crippen molar-refractivity contribution in [1.82, 2.24) is 0 Å². The van der Waals surface area contributed by atoms with Crippen molar-refractivity contribution in [3.05, 3.63) is 0 Å². The van der Waals surface area contributed by atoms with Gasteiger partial charge in [0, 0.05) is 0 Å². The lowest BCUT2D eigenvalue weighted by Crippen LogP contribution is -2.27. The van der Waals surface area contributed by atoms with Gasteiger partial charge in [0.2, 0.25) is 5.91 Å². The van der Waals surface area contributed by atoms with E-state index in [2.05, 4.69) is 5.73 Å². The first-order chi connectivity index (χ1) is 5.08. The van der Waals surface area contributed by atoms with Crippen molar-refractivity contribution in [2.24, 2.45) is 11.5 Å². The molecule has 0 saturated carbocycles. The van der Waals surface area contributed by atoms with E-state index in [4.69, 9.17) is 21.1 Å². The molecule has 7 N–H and O–H groups in total. The molecule has 0 rings (SSSR count). The minimum absolute atomic E-state index is 0.142. The Bertz CT molecular complexity index is 94.5. The Kier molecular flexibility index (Phi) is 11.0. The van der Waals surface area contributed by atoms with Crippen LogP contribution in [0, 0.1) is 0 Å². The van der Waals surface area contributed by atoms with Crippen molar-refractivity contribution < 1.29 is 20.1 Å². The van der Waals surface area contributed by atoms with Crippen molar-refractivity contribution in [3.8, 4) is 0 Å². The molecule has 1 amide bonds. The third-order valence-electron chi connectivity index (χ3n) is 0.625. The topological polar surface area (TPSA) is 130 Å². The molecule has 0 aromatic carbocycles. The highest BCUT2D eigenvalue weighted by Gasteiger charge is 1.91. The average Bonchev–Trinajstić information content (AvgIpc) is 2.04. The Hall–Kier alpha value is -0.690. The maximum Gasteiger partial charge on any atom is 0.243 e. The number of aliphatic hydroxyl groups excluding tert-OH is 3. The van der Waals surface area contributed by atoms with Crippen LogP contribution in [0.4, 0.5) is 0 Å². The minimum atomic E-state index is -0.690. The normalized spacial score (nSPS) is 8.82. The zero-order valence-corrected chi connectivity index (χ0v) is 6.10. The van der Waals surface area contributed by atoms with Gasteiger partial charge in [-0.15, -0.1) is 0 Å². The van der Waals surface area contributed by atoms with Crippen LogP contribution in [0.15, 0.2) is 0 Å². The highest BCUT2D eigenvalue weighted by molar-refractivity contribution is 5.74. The molecule has 11 heavy (non-hydrogen) atoms. The number of hydrogen-bond acceptors (Lipinski definition) is 5. The Morgan fingerprint density at radius 1 is 1.27 bits per heavy atom. The van der Waals surface area contributed by atoms with Crippen LogP contribution in [0.2, 0.25) is 0 Å². The highest BCUT2D eigenvalue weighted by atomic mass is 16.3. The quantitative estimate of drug-likeness (QED) is 0.301. The number of rotatable bonds is 3. The summed E-state index contributed by atoms with van der Waals surface area (Å²) < 4.78 is 0. The maximum atomic E-state index is 9.34. The van der Waals surface area contributed by atoms with Crippen LogP contribution in [0.25, 0.3) is 0 Å². The average molecular weight is 166 g/mol. The van der Waals surface area contributed by atoms with E-state index < -0.39 is 18.6 Å². The molecule has 6 heteroatoms. The van der Waals surface area contributed by atoms with Gasteiger partial charge in [0.15, 0.2) is 0 Å². The van der Waals surface area contributed by atoms with E-state index in [-0.39, 0.29) is 13.2 Å². The fraction of sp³-hybridized carbons (Fsp3) is 0.800. The molecular formula is C5H14N2O4. The molecule has 0 saturated heterocycles. The van der Waals surface area contributed by atoms with Gasteiger partial charge in [-0.25, -0.2) is 0 Å². The van der Waals surface area contributed by atoms with Crippen molar-refractivity contribution in [1.29, 1.82) is 0 Å². The molecule has 0 bridgehead atoms. The molecule has 0 fully saturated rings. The third kappa shape index (κ3) is 17.6. The molecule has 0 aliphatic heterocycles. The molecule has 68 valence electrons. The summed E-state index contributed by atoms with van der Waals surface area (Å²) in [5.74, 6) is -0.690. The lowest BCUT2D eigenvalue weighted by Gasteiger charge is -1.98. The van der Waals surface area contributed by atoms with Crippen molar-refractivity contribution in [2.45, 2.75) is 6.04 Å². The van der Waals surface area contributed by atoms with Gasteiger partial charge in [0.25, 0.3) is 0 Å². The smallest absolute Gasteiger partial charge is 0.243 e. The second kappa shape index (κ2) is 9.31. The summed E-state index contributed by atoms with van der Waals surface area (Å²) >= 11 is 0. The first-order valence-corrected chi connectivity index (χ1v) is 2.94. The first kappa shape index (κ1) is 12.9. The number of aliphatic hydroxyl groups is 3. The van der Waals surface area contributed by atoms with Gasteiger partial charge in [0.1, 0.15) is 6.61 Å². The second-order valence-corrected chi connectivity index (χ2v) is 1.75. The molecule has 0 aromatic rings. The third-order valence-corrected chi connectivity index (χ3v) is 0.625. The van der Waals surface area contributed by atoms with E-state index in [0.717, 1.165) is 0 Å². The minimum Gasteiger partial charge on any atom is -0.395 e. The number of carbonyl (C=O) groups is 1. The number of amides is 1. The van der Waals surface area contributed by atoms with E-state index in [9.17, 15) is 4.79 Å². The van der Waals surface area contributed by atoms with Crippen LogP contribution in [-0.2, 0) is 4.79 Å². The molecular weight excluding hydrogens is 152 g/mol.